The first-order valence-corrected chi connectivity index (χ1v) is 16.4. The minimum Gasteiger partial charge on any atom is -0.497 e. The molecule has 46 heavy (non-hydrogen) atoms. The second-order valence-corrected chi connectivity index (χ2v) is 15.4. The molecule has 0 saturated heterocycles. The highest BCUT2D eigenvalue weighted by molar-refractivity contribution is 7.99. The number of rotatable bonds is 6. The molecule has 2 amide bonds. The highest BCUT2D eigenvalue weighted by Crippen LogP contribution is 2.43. The van der Waals surface area contributed by atoms with Crippen molar-refractivity contribution in [2.75, 3.05) is 20.2 Å². The van der Waals surface area contributed by atoms with Crippen LogP contribution < -0.4 is 10.1 Å². The van der Waals surface area contributed by atoms with E-state index in [0.717, 1.165) is 32.5 Å². The molecule has 1 aromatic heterocycles. The standard InChI is InChI=1S/C28H37N3O6S2.C2HF3O2/c1-27(2,3)31-24(32)15-23(39(31,34)35)22-14-19-12-13-30(17-18-8-10-20(36-7)11-9-18)21(25(19)38-22)16-29-26(33)37-28(4,5)6;3-2(4,5)1(6)7/h8-11,14-15,21H,12-13,16-17H2,1-7H3,(H,29,33);(H,6,7). The number of alkyl carbamates (subject to hydrolysis) is 1. The van der Waals surface area contributed by atoms with Gasteiger partial charge in [0, 0.05) is 35.5 Å². The minimum absolute atomic E-state index is 0.0300. The van der Waals surface area contributed by atoms with Gasteiger partial charge in [-0.25, -0.2) is 22.3 Å². The van der Waals surface area contributed by atoms with Gasteiger partial charge in [0.1, 0.15) is 16.3 Å². The van der Waals surface area contributed by atoms with Crippen molar-refractivity contribution in [3.8, 4) is 5.75 Å². The molecule has 11 nitrogen and oxygen atoms in total. The molecular formula is C30H38F3N3O8S2. The number of carboxylic acids is 1. The number of sulfonamides is 1. The quantitative estimate of drug-likeness (QED) is 0.412. The summed E-state index contributed by atoms with van der Waals surface area (Å²) in [7, 11) is -2.35. The Morgan fingerprint density at radius 1 is 1.09 bits per heavy atom. The number of thiophene rings is 1. The van der Waals surface area contributed by atoms with Crippen LogP contribution in [-0.4, -0.2) is 78.2 Å². The van der Waals surface area contributed by atoms with Gasteiger partial charge in [0.05, 0.1) is 18.7 Å². The Hall–Kier alpha value is -3.63. The van der Waals surface area contributed by atoms with E-state index in [0.29, 0.717) is 18.0 Å². The normalized spacial score (nSPS) is 18.2. The molecule has 254 valence electrons. The molecule has 1 aromatic carbocycles. The largest absolute Gasteiger partial charge is 0.497 e. The fraction of sp³-hybridized carbons (Fsp3) is 0.500. The van der Waals surface area contributed by atoms with Gasteiger partial charge in [0.25, 0.3) is 15.9 Å². The van der Waals surface area contributed by atoms with Crippen LogP contribution in [0.2, 0.25) is 0 Å². The average Bonchev–Trinajstić information content (AvgIpc) is 3.43. The minimum atomic E-state index is -5.08. The Bertz CT molecular complexity index is 1590. The highest BCUT2D eigenvalue weighted by atomic mass is 32.2. The molecule has 0 aliphatic carbocycles. The van der Waals surface area contributed by atoms with E-state index in [1.54, 1.807) is 27.9 Å². The first-order valence-electron chi connectivity index (χ1n) is 14.1. The second kappa shape index (κ2) is 13.6. The van der Waals surface area contributed by atoms with Crippen LogP contribution >= 0.6 is 11.3 Å². The molecule has 0 spiro atoms. The van der Waals surface area contributed by atoms with Gasteiger partial charge in [0.2, 0.25) is 0 Å². The number of carbonyl (C=O) groups excluding carboxylic acids is 2. The molecule has 0 radical (unpaired) electrons. The lowest BCUT2D eigenvalue weighted by Gasteiger charge is -2.36. The van der Waals surface area contributed by atoms with E-state index in [2.05, 4.69) is 10.2 Å². The van der Waals surface area contributed by atoms with Crippen molar-refractivity contribution in [1.82, 2.24) is 14.5 Å². The number of alkyl halides is 3. The molecule has 2 N–H and O–H groups in total. The van der Waals surface area contributed by atoms with Crippen molar-refractivity contribution in [3.05, 3.63) is 57.3 Å². The van der Waals surface area contributed by atoms with Crippen LogP contribution in [0.3, 0.4) is 0 Å². The van der Waals surface area contributed by atoms with Crippen molar-refractivity contribution < 1.29 is 50.6 Å². The molecule has 2 aromatic rings. The van der Waals surface area contributed by atoms with Crippen LogP contribution in [0.15, 0.2) is 36.4 Å². The summed E-state index contributed by atoms with van der Waals surface area (Å²) in [6, 6.07) is 9.52. The summed E-state index contributed by atoms with van der Waals surface area (Å²) in [5.41, 5.74) is 0.607. The number of carboxylic acid groups (broad SMARTS) is 1. The molecule has 0 bridgehead atoms. The summed E-state index contributed by atoms with van der Waals surface area (Å²) in [6.07, 6.45) is -3.65. The van der Waals surface area contributed by atoms with Gasteiger partial charge < -0.3 is 19.9 Å². The van der Waals surface area contributed by atoms with Crippen molar-refractivity contribution in [3.63, 3.8) is 0 Å². The number of ether oxygens (including phenoxy) is 2. The summed E-state index contributed by atoms with van der Waals surface area (Å²) in [4.78, 5) is 37.9. The molecule has 4 rings (SSSR count). The van der Waals surface area contributed by atoms with Crippen LogP contribution in [0.4, 0.5) is 18.0 Å². The number of amides is 2. The number of nitrogens with one attached hydrogen (secondary N) is 1. The van der Waals surface area contributed by atoms with E-state index in [-0.39, 0.29) is 17.5 Å². The third-order valence-electron chi connectivity index (χ3n) is 6.70. The molecule has 1 atom stereocenters. The number of benzene rings is 1. The van der Waals surface area contributed by atoms with Crippen LogP contribution in [0, 0.1) is 0 Å². The molecule has 1 unspecified atom stereocenters. The van der Waals surface area contributed by atoms with E-state index < -0.39 is 45.3 Å². The summed E-state index contributed by atoms with van der Waals surface area (Å²) in [5, 5.41) is 10.0. The lowest BCUT2D eigenvalue weighted by Crippen LogP contribution is -2.45. The number of hydrogen-bond donors (Lipinski definition) is 2. The monoisotopic (exact) mass is 689 g/mol. The topological polar surface area (TPSA) is 143 Å². The zero-order chi connectivity index (χ0) is 34.8. The Morgan fingerprint density at radius 2 is 1.67 bits per heavy atom. The number of nitrogens with zero attached hydrogens (tertiary/aromatic N) is 2. The molecule has 0 fully saturated rings. The first kappa shape index (κ1) is 36.8. The second-order valence-electron chi connectivity index (χ2n) is 12.6. The highest BCUT2D eigenvalue weighted by Gasteiger charge is 2.45. The van der Waals surface area contributed by atoms with E-state index in [1.165, 1.54) is 17.4 Å². The fourth-order valence-electron chi connectivity index (χ4n) is 4.85. The Labute approximate surface area is 270 Å². The van der Waals surface area contributed by atoms with E-state index in [4.69, 9.17) is 19.4 Å². The van der Waals surface area contributed by atoms with Crippen molar-refractivity contribution in [1.29, 1.82) is 0 Å². The predicted octanol–water partition coefficient (Wildman–Crippen LogP) is 5.33. The van der Waals surface area contributed by atoms with Gasteiger partial charge in [-0.2, -0.15) is 13.2 Å². The van der Waals surface area contributed by atoms with Crippen LogP contribution in [0.1, 0.15) is 68.5 Å². The Morgan fingerprint density at radius 3 is 2.15 bits per heavy atom. The van der Waals surface area contributed by atoms with Crippen molar-refractivity contribution >= 4 is 44.2 Å². The molecule has 0 saturated carbocycles. The van der Waals surface area contributed by atoms with E-state index in [1.807, 2.05) is 51.1 Å². The molecule has 3 heterocycles. The number of aliphatic carboxylic acids is 1. The van der Waals surface area contributed by atoms with E-state index in [9.17, 15) is 31.2 Å². The number of fused-ring (bicyclic) bond motifs is 1. The Kier molecular flexibility index (Phi) is 10.9. The van der Waals surface area contributed by atoms with Crippen LogP contribution in [0.5, 0.6) is 5.75 Å². The van der Waals surface area contributed by atoms with Gasteiger partial charge in [-0.05, 0) is 77.3 Å². The molecular weight excluding hydrogens is 651 g/mol. The molecule has 16 heteroatoms. The van der Waals surface area contributed by atoms with Gasteiger partial charge >= 0.3 is 18.2 Å². The first-order chi connectivity index (χ1) is 21.0. The average molecular weight is 690 g/mol. The third kappa shape index (κ3) is 9.00. The van der Waals surface area contributed by atoms with Crippen LogP contribution in [-0.2, 0) is 37.3 Å². The zero-order valence-corrected chi connectivity index (χ0v) is 28.2. The molecule has 2 aliphatic rings. The zero-order valence-electron chi connectivity index (χ0n) is 26.5. The maximum absolute atomic E-state index is 13.4. The van der Waals surface area contributed by atoms with Gasteiger partial charge in [0.15, 0.2) is 0 Å². The third-order valence-corrected chi connectivity index (χ3v) is 10.2. The number of methoxy groups -OCH3 is 1. The van der Waals surface area contributed by atoms with Gasteiger partial charge in [-0.1, -0.05) is 12.1 Å². The van der Waals surface area contributed by atoms with Gasteiger partial charge in [-0.15, -0.1) is 11.3 Å². The van der Waals surface area contributed by atoms with Crippen molar-refractivity contribution in [2.45, 2.75) is 77.9 Å². The number of halogens is 3. The Balaban J connectivity index is 0.000000738. The fourth-order valence-corrected chi connectivity index (χ4v) is 8.32. The predicted molar refractivity (Wildman–Crippen MR) is 166 cm³/mol. The van der Waals surface area contributed by atoms with Crippen LogP contribution in [0.25, 0.3) is 4.91 Å². The van der Waals surface area contributed by atoms with Gasteiger partial charge in [-0.3, -0.25) is 9.69 Å². The summed E-state index contributed by atoms with van der Waals surface area (Å²) in [5.74, 6) is -2.52. The number of carbonyl (C=O) groups is 3. The maximum Gasteiger partial charge on any atom is 0.490 e. The number of hydrogen-bond acceptors (Lipinski definition) is 9. The smallest absolute Gasteiger partial charge is 0.490 e. The lowest BCUT2D eigenvalue weighted by atomic mass is 10.00. The lowest BCUT2D eigenvalue weighted by molar-refractivity contribution is -0.192. The molecule has 2 aliphatic heterocycles. The van der Waals surface area contributed by atoms with Crippen molar-refractivity contribution in [2.24, 2.45) is 0 Å². The maximum atomic E-state index is 13.4. The van der Waals surface area contributed by atoms with E-state index >= 15 is 0 Å². The SMILES string of the molecule is COc1ccc(CN2CCc3cc(C4=CC(=O)N(C(C)(C)C)S4(=O)=O)sc3C2CNC(=O)OC(C)(C)C)cc1.O=C(O)C(F)(F)F. The summed E-state index contributed by atoms with van der Waals surface area (Å²) < 4.78 is 70.2. The summed E-state index contributed by atoms with van der Waals surface area (Å²) in [6.45, 7) is 12.2. The summed E-state index contributed by atoms with van der Waals surface area (Å²) >= 11 is 1.36.